The van der Waals surface area contributed by atoms with Gasteiger partial charge in [-0.05, 0) is 17.7 Å². The van der Waals surface area contributed by atoms with Gasteiger partial charge in [0, 0.05) is 5.69 Å². The van der Waals surface area contributed by atoms with Gasteiger partial charge in [-0.2, -0.15) is 0 Å². The number of rotatable bonds is 4. The van der Waals surface area contributed by atoms with Gasteiger partial charge >= 0.3 is 17.8 Å². The Balaban J connectivity index is 2.04. The van der Waals surface area contributed by atoms with Crippen LogP contribution in [0.1, 0.15) is 5.56 Å². The second-order valence-electron chi connectivity index (χ2n) is 5.75. The number of para-hydroxylation sites is 1. The largest absolute Gasteiger partial charge is 0.467 e. The lowest BCUT2D eigenvalue weighted by Crippen LogP contribution is -2.65. The van der Waals surface area contributed by atoms with Gasteiger partial charge in [0.25, 0.3) is 0 Å². The van der Waals surface area contributed by atoms with Gasteiger partial charge in [-0.15, -0.1) is 0 Å². The van der Waals surface area contributed by atoms with E-state index < -0.39 is 29.9 Å². The van der Waals surface area contributed by atoms with Crippen molar-refractivity contribution >= 4 is 29.5 Å². The molecule has 1 fully saturated rings. The molecule has 0 saturated carbocycles. The van der Waals surface area contributed by atoms with Crippen LogP contribution in [0.4, 0.5) is 5.69 Å². The standard InChI is InChI=1S/C20H18N2O4/c1-26-20(25)17-16(13-12-14-8-4-2-5-9-14)22(19(24)18(23)21-17)15-10-6-3-7-11-15/h2-13,16-17H,1H3,(H,21,23)/b13-12+/t16-,17+/m0/s1. The highest BCUT2D eigenvalue weighted by Crippen LogP contribution is 2.24. The minimum atomic E-state index is -0.995. The molecule has 2 aromatic carbocycles. The van der Waals surface area contributed by atoms with E-state index in [9.17, 15) is 14.4 Å². The van der Waals surface area contributed by atoms with E-state index in [0.29, 0.717) is 5.69 Å². The van der Waals surface area contributed by atoms with Crippen LogP contribution in [0.3, 0.4) is 0 Å². The molecule has 1 aliphatic heterocycles. The van der Waals surface area contributed by atoms with Gasteiger partial charge in [0.15, 0.2) is 6.04 Å². The first-order valence-corrected chi connectivity index (χ1v) is 8.12. The Kier molecular flexibility index (Phi) is 5.12. The molecule has 1 heterocycles. The summed E-state index contributed by atoms with van der Waals surface area (Å²) < 4.78 is 4.81. The summed E-state index contributed by atoms with van der Waals surface area (Å²) in [6.07, 6.45) is 3.53. The predicted molar refractivity (Wildman–Crippen MR) is 97.1 cm³/mol. The van der Waals surface area contributed by atoms with Crippen molar-refractivity contribution in [1.82, 2.24) is 5.32 Å². The second-order valence-corrected chi connectivity index (χ2v) is 5.75. The van der Waals surface area contributed by atoms with Crippen LogP contribution in [0, 0.1) is 0 Å². The Morgan fingerprint density at radius 3 is 2.27 bits per heavy atom. The maximum atomic E-state index is 12.5. The van der Waals surface area contributed by atoms with Crippen LogP contribution in [-0.2, 0) is 19.1 Å². The molecule has 6 heteroatoms. The molecule has 6 nitrogen and oxygen atoms in total. The zero-order valence-corrected chi connectivity index (χ0v) is 14.2. The molecule has 3 rings (SSSR count). The van der Waals surface area contributed by atoms with Crippen molar-refractivity contribution in [2.75, 3.05) is 12.0 Å². The second kappa shape index (κ2) is 7.65. The summed E-state index contributed by atoms with van der Waals surface area (Å²) in [6.45, 7) is 0. The number of piperazine rings is 1. The van der Waals surface area contributed by atoms with Crippen LogP contribution < -0.4 is 10.2 Å². The lowest BCUT2D eigenvalue weighted by Gasteiger charge is -2.38. The minimum absolute atomic E-state index is 0.531. The first-order valence-electron chi connectivity index (χ1n) is 8.12. The normalized spacial score (nSPS) is 20.1. The third-order valence-electron chi connectivity index (χ3n) is 4.11. The average Bonchev–Trinajstić information content (AvgIpc) is 2.69. The van der Waals surface area contributed by atoms with Crippen LogP contribution in [-0.4, -0.2) is 37.0 Å². The molecule has 0 bridgehead atoms. The number of nitrogens with zero attached hydrogens (tertiary/aromatic N) is 1. The molecule has 1 N–H and O–H groups in total. The highest BCUT2D eigenvalue weighted by Gasteiger charge is 2.44. The number of esters is 1. The van der Waals surface area contributed by atoms with Gasteiger partial charge in [0.1, 0.15) is 0 Å². The lowest BCUT2D eigenvalue weighted by molar-refractivity contribution is -0.149. The summed E-state index contributed by atoms with van der Waals surface area (Å²) in [7, 11) is 1.25. The van der Waals surface area contributed by atoms with E-state index in [1.807, 2.05) is 36.4 Å². The Morgan fingerprint density at radius 2 is 1.65 bits per heavy atom. The highest BCUT2D eigenvalue weighted by atomic mass is 16.5. The van der Waals surface area contributed by atoms with Crippen LogP contribution in [0.5, 0.6) is 0 Å². The quantitative estimate of drug-likeness (QED) is 0.674. The van der Waals surface area contributed by atoms with Gasteiger partial charge in [-0.3, -0.25) is 14.5 Å². The molecule has 2 atom stereocenters. The van der Waals surface area contributed by atoms with Gasteiger partial charge in [-0.1, -0.05) is 60.7 Å². The van der Waals surface area contributed by atoms with Gasteiger partial charge in [-0.25, -0.2) is 4.79 Å². The number of nitrogens with one attached hydrogen (secondary N) is 1. The molecule has 0 radical (unpaired) electrons. The highest BCUT2D eigenvalue weighted by molar-refractivity contribution is 6.42. The first-order chi connectivity index (χ1) is 12.6. The summed E-state index contributed by atoms with van der Waals surface area (Å²) in [6, 6.07) is 16.5. The number of hydrogen-bond acceptors (Lipinski definition) is 4. The topological polar surface area (TPSA) is 75.7 Å². The Labute approximate surface area is 151 Å². The van der Waals surface area contributed by atoms with Crippen molar-refractivity contribution in [3.05, 3.63) is 72.3 Å². The molecule has 0 unspecified atom stereocenters. The molecule has 1 aliphatic rings. The van der Waals surface area contributed by atoms with Crippen LogP contribution in [0.2, 0.25) is 0 Å². The van der Waals surface area contributed by atoms with Crippen LogP contribution in [0.25, 0.3) is 6.08 Å². The zero-order chi connectivity index (χ0) is 18.5. The monoisotopic (exact) mass is 350 g/mol. The zero-order valence-electron chi connectivity index (χ0n) is 14.2. The molecular weight excluding hydrogens is 332 g/mol. The minimum Gasteiger partial charge on any atom is -0.467 e. The fraction of sp³-hybridized carbons (Fsp3) is 0.150. The molecule has 0 aromatic heterocycles. The van der Waals surface area contributed by atoms with E-state index in [2.05, 4.69) is 5.32 Å². The SMILES string of the molecule is COC(=O)[C@@H]1NC(=O)C(=O)N(c2ccccc2)[C@H]1/C=C/c1ccccc1. The molecule has 26 heavy (non-hydrogen) atoms. The van der Waals surface area contributed by atoms with E-state index >= 15 is 0 Å². The first kappa shape index (κ1) is 17.4. The number of amides is 2. The summed E-state index contributed by atoms with van der Waals surface area (Å²) in [5.74, 6) is -2.18. The Hall–Kier alpha value is -3.41. The summed E-state index contributed by atoms with van der Waals surface area (Å²) >= 11 is 0. The van der Waals surface area contributed by atoms with Crippen molar-refractivity contribution in [1.29, 1.82) is 0 Å². The number of carbonyl (C=O) groups excluding carboxylic acids is 3. The molecule has 1 saturated heterocycles. The number of carbonyl (C=O) groups is 3. The van der Waals surface area contributed by atoms with Crippen molar-refractivity contribution in [2.24, 2.45) is 0 Å². The molecule has 0 aliphatic carbocycles. The van der Waals surface area contributed by atoms with E-state index in [1.165, 1.54) is 12.0 Å². The molecular formula is C20H18N2O4. The maximum Gasteiger partial charge on any atom is 0.330 e. The van der Waals surface area contributed by atoms with E-state index in [1.54, 1.807) is 36.4 Å². The van der Waals surface area contributed by atoms with Gasteiger partial charge < -0.3 is 10.1 Å². The Morgan fingerprint density at radius 1 is 1.04 bits per heavy atom. The lowest BCUT2D eigenvalue weighted by atomic mass is 10.00. The summed E-state index contributed by atoms with van der Waals surface area (Å²) in [5, 5.41) is 2.45. The fourth-order valence-corrected chi connectivity index (χ4v) is 2.86. The summed E-state index contributed by atoms with van der Waals surface area (Å²) in [4.78, 5) is 38.2. The van der Waals surface area contributed by atoms with E-state index in [-0.39, 0.29) is 0 Å². The van der Waals surface area contributed by atoms with Crippen LogP contribution >= 0.6 is 0 Å². The third-order valence-corrected chi connectivity index (χ3v) is 4.11. The smallest absolute Gasteiger partial charge is 0.330 e. The van der Waals surface area contributed by atoms with Crippen molar-refractivity contribution in [3.8, 4) is 0 Å². The van der Waals surface area contributed by atoms with E-state index in [4.69, 9.17) is 4.74 Å². The van der Waals surface area contributed by atoms with Crippen molar-refractivity contribution < 1.29 is 19.1 Å². The molecule has 2 amide bonds. The molecule has 2 aromatic rings. The number of methoxy groups -OCH3 is 1. The average molecular weight is 350 g/mol. The van der Waals surface area contributed by atoms with Gasteiger partial charge in [0.05, 0.1) is 13.2 Å². The number of ether oxygens (including phenoxy) is 1. The van der Waals surface area contributed by atoms with Gasteiger partial charge in [0.2, 0.25) is 0 Å². The molecule has 0 spiro atoms. The summed E-state index contributed by atoms with van der Waals surface area (Å²) in [5.41, 5.74) is 1.44. The van der Waals surface area contributed by atoms with E-state index in [0.717, 1.165) is 5.56 Å². The van der Waals surface area contributed by atoms with Crippen molar-refractivity contribution in [3.63, 3.8) is 0 Å². The van der Waals surface area contributed by atoms with Crippen LogP contribution in [0.15, 0.2) is 66.7 Å². The number of hydrogen-bond donors (Lipinski definition) is 1. The van der Waals surface area contributed by atoms with Crippen molar-refractivity contribution in [2.45, 2.75) is 12.1 Å². The third kappa shape index (κ3) is 3.49. The Bertz CT molecular complexity index is 833. The predicted octanol–water partition coefficient (Wildman–Crippen LogP) is 1.77. The number of benzene rings is 2. The maximum absolute atomic E-state index is 12.5. The fourth-order valence-electron chi connectivity index (χ4n) is 2.86. The number of anilines is 1. The molecule has 132 valence electrons.